The summed E-state index contributed by atoms with van der Waals surface area (Å²) in [5.41, 5.74) is 1.57. The maximum absolute atomic E-state index is 12.2. The lowest BCUT2D eigenvalue weighted by Crippen LogP contribution is -2.07. The number of ether oxygens (including phenoxy) is 2. The number of hydrogen-bond acceptors (Lipinski definition) is 5. The third kappa shape index (κ3) is 3.78. The van der Waals surface area contributed by atoms with Crippen LogP contribution in [0.5, 0.6) is 11.5 Å². The lowest BCUT2D eigenvalue weighted by atomic mass is 10.2. The van der Waals surface area contributed by atoms with Gasteiger partial charge in [-0.25, -0.2) is 0 Å². The Labute approximate surface area is 130 Å². The van der Waals surface area contributed by atoms with Crippen molar-refractivity contribution in [1.29, 1.82) is 0 Å². The van der Waals surface area contributed by atoms with E-state index >= 15 is 0 Å². The molecule has 0 atom stereocenters. The van der Waals surface area contributed by atoms with Gasteiger partial charge in [-0.1, -0.05) is 17.7 Å². The average Bonchev–Trinajstić information content (AvgIpc) is 2.53. The topological polar surface area (TPSA) is 61.8 Å². The third-order valence-corrected chi connectivity index (χ3v) is 4.44. The Morgan fingerprint density at radius 1 is 0.955 bits per heavy atom. The normalized spacial score (nSPS) is 11.2. The second-order valence-electron chi connectivity index (χ2n) is 4.71. The van der Waals surface area contributed by atoms with Gasteiger partial charge in [0.1, 0.15) is 11.5 Å². The summed E-state index contributed by atoms with van der Waals surface area (Å²) < 4.78 is 39.8. The van der Waals surface area contributed by atoms with E-state index in [1.807, 2.05) is 6.92 Å². The number of methoxy groups -OCH3 is 2. The molecule has 0 amide bonds. The van der Waals surface area contributed by atoms with Crippen molar-refractivity contribution >= 4 is 10.1 Å². The molecular formula is C16H18O5S. The van der Waals surface area contributed by atoms with E-state index in [1.165, 1.54) is 26.4 Å². The summed E-state index contributed by atoms with van der Waals surface area (Å²) in [6.45, 7) is 1.76. The fourth-order valence-corrected chi connectivity index (χ4v) is 2.80. The van der Waals surface area contributed by atoms with Crippen LogP contribution in [0.2, 0.25) is 0 Å². The lowest BCUT2D eigenvalue weighted by molar-refractivity contribution is 0.298. The molecule has 0 spiro atoms. The van der Waals surface area contributed by atoms with Gasteiger partial charge in [0, 0.05) is 5.56 Å². The SMILES string of the molecule is COc1ccc(OC)c(COS(=O)(=O)c2ccc(C)cc2)c1. The molecule has 0 fully saturated rings. The molecule has 22 heavy (non-hydrogen) atoms. The van der Waals surface area contributed by atoms with Crippen LogP contribution in [0.15, 0.2) is 47.4 Å². The lowest BCUT2D eigenvalue weighted by Gasteiger charge is -2.11. The summed E-state index contributed by atoms with van der Waals surface area (Å²) in [5.74, 6) is 1.15. The smallest absolute Gasteiger partial charge is 0.297 e. The zero-order chi connectivity index (χ0) is 16.2. The van der Waals surface area contributed by atoms with E-state index < -0.39 is 10.1 Å². The standard InChI is InChI=1S/C16H18O5S/c1-12-4-7-15(8-5-12)22(17,18)21-11-13-10-14(19-2)6-9-16(13)20-3/h4-10H,11H2,1-3H3. The first kappa shape index (κ1) is 16.3. The molecule has 0 aliphatic heterocycles. The molecule has 2 aromatic rings. The van der Waals surface area contributed by atoms with Crippen LogP contribution < -0.4 is 9.47 Å². The second-order valence-corrected chi connectivity index (χ2v) is 6.32. The predicted molar refractivity (Wildman–Crippen MR) is 82.7 cm³/mol. The molecule has 6 heteroatoms. The third-order valence-electron chi connectivity index (χ3n) is 3.17. The van der Waals surface area contributed by atoms with Crippen LogP contribution in [0, 0.1) is 6.92 Å². The van der Waals surface area contributed by atoms with Crippen molar-refractivity contribution in [2.75, 3.05) is 14.2 Å². The Kier molecular flexibility index (Phi) is 5.05. The quantitative estimate of drug-likeness (QED) is 0.765. The molecule has 0 saturated carbocycles. The highest BCUT2D eigenvalue weighted by Gasteiger charge is 2.16. The van der Waals surface area contributed by atoms with E-state index in [4.69, 9.17) is 13.7 Å². The minimum Gasteiger partial charge on any atom is -0.497 e. The van der Waals surface area contributed by atoms with Crippen LogP contribution in [0.25, 0.3) is 0 Å². The molecule has 0 aliphatic rings. The van der Waals surface area contributed by atoms with E-state index in [9.17, 15) is 8.42 Å². The van der Waals surface area contributed by atoms with Crippen molar-refractivity contribution in [2.24, 2.45) is 0 Å². The molecule has 0 heterocycles. The average molecular weight is 322 g/mol. The number of aryl methyl sites for hydroxylation is 1. The molecule has 0 radical (unpaired) electrons. The Balaban J connectivity index is 2.20. The van der Waals surface area contributed by atoms with E-state index in [0.717, 1.165) is 5.56 Å². The highest BCUT2D eigenvalue weighted by molar-refractivity contribution is 7.86. The molecule has 2 rings (SSSR count). The summed E-state index contributed by atoms with van der Waals surface area (Å²) in [5, 5.41) is 0. The number of rotatable bonds is 6. The minimum atomic E-state index is -3.82. The summed E-state index contributed by atoms with van der Waals surface area (Å²) in [6, 6.07) is 11.6. The zero-order valence-corrected chi connectivity index (χ0v) is 13.5. The maximum atomic E-state index is 12.2. The second kappa shape index (κ2) is 6.81. The number of hydrogen-bond donors (Lipinski definition) is 0. The van der Waals surface area contributed by atoms with Gasteiger partial charge in [0.05, 0.1) is 25.7 Å². The zero-order valence-electron chi connectivity index (χ0n) is 12.7. The van der Waals surface area contributed by atoms with Gasteiger partial charge in [-0.05, 0) is 37.3 Å². The first-order valence-electron chi connectivity index (χ1n) is 6.63. The predicted octanol–water partition coefficient (Wildman–Crippen LogP) is 2.92. The molecule has 0 saturated heterocycles. The van der Waals surface area contributed by atoms with E-state index in [2.05, 4.69) is 0 Å². The molecule has 0 aliphatic carbocycles. The van der Waals surface area contributed by atoms with Crippen molar-refractivity contribution in [3.05, 3.63) is 53.6 Å². The van der Waals surface area contributed by atoms with Gasteiger partial charge in [0.25, 0.3) is 10.1 Å². The first-order valence-corrected chi connectivity index (χ1v) is 8.04. The fraction of sp³-hybridized carbons (Fsp3) is 0.250. The minimum absolute atomic E-state index is 0.125. The summed E-state index contributed by atoms with van der Waals surface area (Å²) in [4.78, 5) is 0.125. The monoisotopic (exact) mass is 322 g/mol. The fourth-order valence-electron chi connectivity index (χ4n) is 1.91. The summed E-state index contributed by atoms with van der Waals surface area (Å²) in [7, 11) is -0.765. The molecule has 118 valence electrons. The van der Waals surface area contributed by atoms with Crippen LogP contribution in [-0.4, -0.2) is 22.6 Å². The largest absolute Gasteiger partial charge is 0.497 e. The van der Waals surface area contributed by atoms with Gasteiger partial charge in [0.15, 0.2) is 0 Å². The van der Waals surface area contributed by atoms with Gasteiger partial charge in [-0.2, -0.15) is 8.42 Å². The molecule has 5 nitrogen and oxygen atoms in total. The molecule has 2 aromatic carbocycles. The Morgan fingerprint density at radius 3 is 2.23 bits per heavy atom. The van der Waals surface area contributed by atoms with E-state index in [0.29, 0.717) is 17.1 Å². The Hall–Kier alpha value is -2.05. The van der Waals surface area contributed by atoms with Gasteiger partial charge in [0.2, 0.25) is 0 Å². The van der Waals surface area contributed by atoms with Crippen LogP contribution in [-0.2, 0) is 20.9 Å². The Morgan fingerprint density at radius 2 is 1.64 bits per heavy atom. The summed E-state index contributed by atoms with van der Waals surface area (Å²) in [6.07, 6.45) is 0. The Bertz CT molecular complexity index is 736. The molecular weight excluding hydrogens is 304 g/mol. The molecule has 0 aromatic heterocycles. The molecule has 0 N–H and O–H groups in total. The van der Waals surface area contributed by atoms with Crippen molar-refractivity contribution in [3.63, 3.8) is 0 Å². The van der Waals surface area contributed by atoms with E-state index in [-0.39, 0.29) is 11.5 Å². The van der Waals surface area contributed by atoms with Gasteiger partial charge in [-0.15, -0.1) is 0 Å². The van der Waals surface area contributed by atoms with E-state index in [1.54, 1.807) is 30.3 Å². The van der Waals surface area contributed by atoms with Crippen molar-refractivity contribution in [3.8, 4) is 11.5 Å². The highest BCUT2D eigenvalue weighted by Crippen LogP contribution is 2.26. The van der Waals surface area contributed by atoms with Gasteiger partial charge in [-0.3, -0.25) is 4.18 Å². The van der Waals surface area contributed by atoms with Crippen molar-refractivity contribution < 1.29 is 22.1 Å². The summed E-state index contributed by atoms with van der Waals surface area (Å²) >= 11 is 0. The van der Waals surface area contributed by atoms with Crippen LogP contribution in [0.3, 0.4) is 0 Å². The van der Waals surface area contributed by atoms with Crippen molar-refractivity contribution in [1.82, 2.24) is 0 Å². The van der Waals surface area contributed by atoms with Crippen LogP contribution >= 0.6 is 0 Å². The molecule has 0 bridgehead atoms. The first-order chi connectivity index (χ1) is 10.5. The van der Waals surface area contributed by atoms with Crippen LogP contribution in [0.4, 0.5) is 0 Å². The molecule has 0 unspecified atom stereocenters. The maximum Gasteiger partial charge on any atom is 0.297 e. The van der Waals surface area contributed by atoms with Crippen LogP contribution in [0.1, 0.15) is 11.1 Å². The van der Waals surface area contributed by atoms with Gasteiger partial charge >= 0.3 is 0 Å². The number of benzene rings is 2. The van der Waals surface area contributed by atoms with Crippen molar-refractivity contribution in [2.45, 2.75) is 18.4 Å². The van der Waals surface area contributed by atoms with Gasteiger partial charge < -0.3 is 9.47 Å². The highest BCUT2D eigenvalue weighted by atomic mass is 32.2.